The van der Waals surface area contributed by atoms with Crippen LogP contribution in [-0.4, -0.2) is 74.4 Å². The Hall–Kier alpha value is -3.90. The average Bonchev–Trinajstić information content (AvgIpc) is 2.96. The number of piperazine rings is 1. The first-order valence-corrected chi connectivity index (χ1v) is 13.7. The normalized spacial score (nSPS) is 18.0. The van der Waals surface area contributed by atoms with Crippen LogP contribution in [0.5, 0.6) is 0 Å². The highest BCUT2D eigenvalue weighted by Crippen LogP contribution is 2.37. The number of likely N-dealkylation sites (N-methyl/N-ethyl adjacent to an activating group) is 1. The highest BCUT2D eigenvalue weighted by molar-refractivity contribution is 6.07. The highest BCUT2D eigenvalue weighted by Gasteiger charge is 2.27. The fourth-order valence-corrected chi connectivity index (χ4v) is 5.35. The van der Waals surface area contributed by atoms with Gasteiger partial charge in [-0.15, -0.1) is 0 Å². The van der Waals surface area contributed by atoms with Crippen molar-refractivity contribution in [2.45, 2.75) is 19.4 Å². The average molecular weight is 588 g/mol. The zero-order chi connectivity index (χ0) is 30.1. The standard InChI is InChI=1S/C30H33F4N5O3/c1-18-16-39(7-6-36(18)2)27-15-23(31)20(19-4-5-26(24(32)12-19)38-8-10-42-11-9-38)13-25(27)35-30(41)22-17-37(3)28(40)14-21(22)29(33)34/h4-5,12-15,17-18,29H,6-11,16H2,1-3H3,(H,35,41)/t18-/m1/s1. The van der Waals surface area contributed by atoms with Gasteiger partial charge in [0.25, 0.3) is 17.9 Å². The van der Waals surface area contributed by atoms with Gasteiger partial charge >= 0.3 is 0 Å². The molecule has 1 aromatic heterocycles. The summed E-state index contributed by atoms with van der Waals surface area (Å²) in [5.74, 6) is -2.03. The predicted octanol–water partition coefficient (Wildman–Crippen LogP) is 4.50. The molecule has 2 saturated heterocycles. The third kappa shape index (κ3) is 6.00. The van der Waals surface area contributed by atoms with Crippen LogP contribution in [0.15, 0.2) is 47.4 Å². The van der Waals surface area contributed by atoms with Crippen LogP contribution < -0.4 is 20.7 Å². The van der Waals surface area contributed by atoms with Gasteiger partial charge in [-0.05, 0) is 43.8 Å². The Morgan fingerprint density at radius 2 is 1.69 bits per heavy atom. The summed E-state index contributed by atoms with van der Waals surface area (Å²) in [5, 5.41) is 2.68. The fourth-order valence-electron chi connectivity index (χ4n) is 5.35. The molecule has 0 bridgehead atoms. The number of pyridine rings is 1. The molecule has 42 heavy (non-hydrogen) atoms. The monoisotopic (exact) mass is 587 g/mol. The molecule has 0 saturated carbocycles. The van der Waals surface area contributed by atoms with Gasteiger partial charge in [0, 0.05) is 69.2 Å². The van der Waals surface area contributed by atoms with Crippen LogP contribution in [0.1, 0.15) is 29.3 Å². The largest absolute Gasteiger partial charge is 0.378 e. The van der Waals surface area contributed by atoms with Crippen LogP contribution in [0, 0.1) is 11.6 Å². The molecule has 2 fully saturated rings. The maximum atomic E-state index is 15.7. The SMILES string of the molecule is C[C@@H]1CN(c2cc(F)c(-c3ccc(N4CCOCC4)c(F)c3)cc2NC(=O)c2cn(C)c(=O)cc2C(F)F)CCN1C. The van der Waals surface area contributed by atoms with Crippen LogP contribution in [0.4, 0.5) is 34.6 Å². The quantitative estimate of drug-likeness (QED) is 0.429. The lowest BCUT2D eigenvalue weighted by Crippen LogP contribution is -2.50. The third-order valence-corrected chi connectivity index (χ3v) is 7.98. The second-order valence-electron chi connectivity index (χ2n) is 10.7. The van der Waals surface area contributed by atoms with E-state index in [9.17, 15) is 18.4 Å². The van der Waals surface area contributed by atoms with Crippen molar-refractivity contribution in [2.24, 2.45) is 7.05 Å². The number of amides is 1. The van der Waals surface area contributed by atoms with Crippen molar-refractivity contribution < 1.29 is 27.1 Å². The Labute approximate surface area is 241 Å². The molecular formula is C30H33F4N5O3. The summed E-state index contributed by atoms with van der Waals surface area (Å²) in [5.41, 5.74) is -0.526. The smallest absolute Gasteiger partial charge is 0.264 e. The Kier molecular flexibility index (Phi) is 8.55. The zero-order valence-electron chi connectivity index (χ0n) is 23.7. The topological polar surface area (TPSA) is 70.0 Å². The maximum Gasteiger partial charge on any atom is 0.264 e. The number of morpholine rings is 1. The number of aromatic nitrogens is 1. The molecule has 1 amide bonds. The van der Waals surface area contributed by atoms with E-state index in [0.717, 1.165) is 16.8 Å². The zero-order valence-corrected chi connectivity index (χ0v) is 23.7. The molecule has 0 unspecified atom stereocenters. The lowest BCUT2D eigenvalue weighted by atomic mass is 10.0. The fraction of sp³-hybridized carbons (Fsp3) is 0.400. The number of benzene rings is 2. The molecule has 2 aliphatic heterocycles. The lowest BCUT2D eigenvalue weighted by molar-refractivity contribution is 0.101. The molecule has 3 heterocycles. The number of aryl methyl sites for hydroxylation is 1. The molecule has 8 nitrogen and oxygen atoms in total. The number of ether oxygens (including phenoxy) is 1. The van der Waals surface area contributed by atoms with Crippen molar-refractivity contribution in [3.05, 3.63) is 75.7 Å². The molecule has 5 rings (SSSR count). The number of carbonyl (C=O) groups is 1. The van der Waals surface area contributed by atoms with E-state index in [1.165, 1.54) is 25.2 Å². The van der Waals surface area contributed by atoms with Gasteiger partial charge in [0.1, 0.15) is 11.6 Å². The van der Waals surface area contributed by atoms with E-state index in [1.54, 1.807) is 12.1 Å². The number of nitrogens with one attached hydrogen (secondary N) is 1. The van der Waals surface area contributed by atoms with E-state index < -0.39 is 35.1 Å². The molecule has 3 aromatic rings. The van der Waals surface area contributed by atoms with Gasteiger partial charge in [0.05, 0.1) is 35.8 Å². The number of anilines is 3. The first-order valence-electron chi connectivity index (χ1n) is 13.7. The summed E-state index contributed by atoms with van der Waals surface area (Å²) in [7, 11) is 3.34. The summed E-state index contributed by atoms with van der Waals surface area (Å²) in [6, 6.07) is 7.98. The molecule has 1 atom stereocenters. The summed E-state index contributed by atoms with van der Waals surface area (Å²) in [6.45, 7) is 5.80. The van der Waals surface area contributed by atoms with E-state index in [1.807, 2.05) is 23.8 Å². The maximum absolute atomic E-state index is 15.7. The minimum absolute atomic E-state index is 0.0400. The Balaban J connectivity index is 1.56. The van der Waals surface area contributed by atoms with Gasteiger partial charge < -0.3 is 29.3 Å². The van der Waals surface area contributed by atoms with Gasteiger partial charge in [-0.2, -0.15) is 0 Å². The number of hydrogen-bond acceptors (Lipinski definition) is 6. The van der Waals surface area contributed by atoms with Crippen LogP contribution in [0.3, 0.4) is 0 Å². The number of rotatable bonds is 6. The first-order chi connectivity index (χ1) is 20.0. The van der Waals surface area contributed by atoms with Crippen LogP contribution in [0.2, 0.25) is 0 Å². The summed E-state index contributed by atoms with van der Waals surface area (Å²) >= 11 is 0. The molecule has 2 aliphatic rings. The predicted molar refractivity (Wildman–Crippen MR) is 154 cm³/mol. The van der Waals surface area contributed by atoms with E-state index in [-0.39, 0.29) is 28.4 Å². The van der Waals surface area contributed by atoms with Gasteiger partial charge in [-0.3, -0.25) is 9.59 Å². The van der Waals surface area contributed by atoms with Crippen molar-refractivity contribution in [2.75, 3.05) is 68.1 Å². The van der Waals surface area contributed by atoms with Gasteiger partial charge in [-0.1, -0.05) is 6.07 Å². The van der Waals surface area contributed by atoms with Crippen molar-refractivity contribution in [3.63, 3.8) is 0 Å². The molecule has 224 valence electrons. The first kappa shape index (κ1) is 29.6. The van der Waals surface area contributed by atoms with Crippen molar-refractivity contribution >= 4 is 23.0 Å². The second kappa shape index (κ2) is 12.1. The van der Waals surface area contributed by atoms with Crippen LogP contribution in [-0.2, 0) is 11.8 Å². The van der Waals surface area contributed by atoms with Crippen LogP contribution in [0.25, 0.3) is 11.1 Å². The van der Waals surface area contributed by atoms with Crippen molar-refractivity contribution in [1.29, 1.82) is 0 Å². The molecule has 0 spiro atoms. The number of halogens is 4. The number of carbonyl (C=O) groups excluding carboxylic acids is 1. The van der Waals surface area contributed by atoms with Gasteiger partial charge in [-0.25, -0.2) is 17.6 Å². The number of alkyl halides is 2. The Morgan fingerprint density at radius 1 is 0.952 bits per heavy atom. The van der Waals surface area contributed by atoms with Gasteiger partial charge in [0.2, 0.25) is 0 Å². The molecule has 0 aliphatic carbocycles. The van der Waals surface area contributed by atoms with Crippen LogP contribution >= 0.6 is 0 Å². The van der Waals surface area contributed by atoms with E-state index in [2.05, 4.69) is 10.2 Å². The van der Waals surface area contributed by atoms with Gasteiger partial charge in [0.15, 0.2) is 0 Å². The summed E-state index contributed by atoms with van der Waals surface area (Å²) in [6.07, 6.45) is -2.00. The lowest BCUT2D eigenvalue weighted by Gasteiger charge is -2.39. The van der Waals surface area contributed by atoms with E-state index >= 15 is 8.78 Å². The van der Waals surface area contributed by atoms with E-state index in [0.29, 0.717) is 57.3 Å². The second-order valence-corrected chi connectivity index (χ2v) is 10.7. The van der Waals surface area contributed by atoms with Crippen molar-refractivity contribution in [3.8, 4) is 11.1 Å². The number of hydrogen-bond donors (Lipinski definition) is 1. The Bertz CT molecular complexity index is 1540. The molecule has 12 heteroatoms. The Morgan fingerprint density at radius 3 is 2.36 bits per heavy atom. The summed E-state index contributed by atoms with van der Waals surface area (Å²) in [4.78, 5) is 31.3. The molecule has 1 N–H and O–H groups in total. The molecule has 0 radical (unpaired) electrons. The minimum atomic E-state index is -3.06. The minimum Gasteiger partial charge on any atom is -0.378 e. The van der Waals surface area contributed by atoms with Crippen molar-refractivity contribution in [1.82, 2.24) is 9.47 Å². The highest BCUT2D eigenvalue weighted by atomic mass is 19.3. The van der Waals surface area contributed by atoms with E-state index in [4.69, 9.17) is 4.74 Å². The third-order valence-electron chi connectivity index (χ3n) is 7.98. The molecule has 2 aromatic carbocycles. The molecular weight excluding hydrogens is 554 g/mol. The summed E-state index contributed by atoms with van der Waals surface area (Å²) < 4.78 is 64.9. The number of nitrogens with zero attached hydrogens (tertiary/aromatic N) is 4.